The minimum Gasteiger partial charge on any atom is -0.387 e. The Bertz CT molecular complexity index is 543. The SMILES string of the molecule is C[C@@H](NC[C@H](O)c1ccncc1)c1cc(F)cc(F)c1. The molecule has 1 heterocycles. The number of hydrogen-bond acceptors (Lipinski definition) is 3. The molecule has 2 atom stereocenters. The molecule has 1 aromatic carbocycles. The van der Waals surface area contributed by atoms with Crippen LogP contribution in [0.1, 0.15) is 30.2 Å². The number of aliphatic hydroxyl groups excluding tert-OH is 1. The minimum absolute atomic E-state index is 0.267. The van der Waals surface area contributed by atoms with Crippen molar-refractivity contribution in [3.63, 3.8) is 0 Å². The van der Waals surface area contributed by atoms with Crippen LogP contribution >= 0.6 is 0 Å². The Morgan fingerprint density at radius 3 is 2.30 bits per heavy atom. The molecule has 0 spiro atoms. The highest BCUT2D eigenvalue weighted by atomic mass is 19.1. The van der Waals surface area contributed by atoms with Crippen LogP contribution in [-0.2, 0) is 0 Å². The van der Waals surface area contributed by atoms with Gasteiger partial charge in [-0.1, -0.05) is 0 Å². The molecule has 0 aliphatic carbocycles. The predicted molar refractivity (Wildman–Crippen MR) is 72.0 cm³/mol. The first-order valence-corrected chi connectivity index (χ1v) is 6.33. The average Bonchev–Trinajstić information content (AvgIpc) is 2.44. The van der Waals surface area contributed by atoms with Crippen molar-refractivity contribution in [2.75, 3.05) is 6.54 Å². The summed E-state index contributed by atoms with van der Waals surface area (Å²) in [4.78, 5) is 3.88. The lowest BCUT2D eigenvalue weighted by molar-refractivity contribution is 0.170. The van der Waals surface area contributed by atoms with Gasteiger partial charge < -0.3 is 10.4 Å². The molecular weight excluding hydrogens is 262 g/mol. The number of rotatable bonds is 5. The van der Waals surface area contributed by atoms with Gasteiger partial charge in [0.1, 0.15) is 11.6 Å². The van der Waals surface area contributed by atoms with Gasteiger partial charge in [-0.05, 0) is 42.3 Å². The molecule has 0 unspecified atom stereocenters. The fourth-order valence-electron chi connectivity index (χ4n) is 1.93. The fraction of sp³-hybridized carbons (Fsp3) is 0.267. The van der Waals surface area contributed by atoms with E-state index < -0.39 is 17.7 Å². The number of pyridine rings is 1. The Kier molecular flexibility index (Phi) is 4.76. The Hall–Kier alpha value is -1.85. The molecule has 0 saturated carbocycles. The van der Waals surface area contributed by atoms with E-state index in [1.54, 1.807) is 31.5 Å². The zero-order chi connectivity index (χ0) is 14.5. The number of hydrogen-bond donors (Lipinski definition) is 2. The standard InChI is InChI=1S/C15H16F2N2O/c1-10(12-6-13(16)8-14(17)7-12)19-9-15(20)11-2-4-18-5-3-11/h2-8,10,15,19-20H,9H2,1H3/t10-,15+/m1/s1. The maximum Gasteiger partial charge on any atom is 0.126 e. The molecule has 20 heavy (non-hydrogen) atoms. The largest absolute Gasteiger partial charge is 0.387 e. The van der Waals surface area contributed by atoms with E-state index in [9.17, 15) is 13.9 Å². The predicted octanol–water partition coefficient (Wildman–Crippen LogP) is 2.74. The summed E-state index contributed by atoms with van der Waals surface area (Å²) in [5.41, 5.74) is 1.24. The lowest BCUT2D eigenvalue weighted by Gasteiger charge is -2.18. The molecule has 0 aliphatic rings. The van der Waals surface area contributed by atoms with Gasteiger partial charge in [-0.25, -0.2) is 8.78 Å². The number of nitrogens with one attached hydrogen (secondary N) is 1. The second kappa shape index (κ2) is 6.54. The van der Waals surface area contributed by atoms with Crippen LogP contribution in [0.3, 0.4) is 0 Å². The van der Waals surface area contributed by atoms with Gasteiger partial charge in [0.05, 0.1) is 6.10 Å². The first-order chi connectivity index (χ1) is 9.56. The lowest BCUT2D eigenvalue weighted by Crippen LogP contribution is -2.24. The normalized spacial score (nSPS) is 14.0. The highest BCUT2D eigenvalue weighted by Gasteiger charge is 2.12. The minimum atomic E-state index is -0.696. The van der Waals surface area contributed by atoms with Gasteiger partial charge in [-0.2, -0.15) is 0 Å². The second-order valence-electron chi connectivity index (χ2n) is 4.63. The highest BCUT2D eigenvalue weighted by molar-refractivity contribution is 5.21. The molecule has 2 aromatic rings. The zero-order valence-corrected chi connectivity index (χ0v) is 11.1. The summed E-state index contributed by atoms with van der Waals surface area (Å²) >= 11 is 0. The number of aliphatic hydroxyl groups is 1. The summed E-state index contributed by atoms with van der Waals surface area (Å²) in [5, 5.41) is 13.0. The van der Waals surface area contributed by atoms with Crippen molar-refractivity contribution in [1.29, 1.82) is 0 Å². The maximum atomic E-state index is 13.1. The fourth-order valence-corrected chi connectivity index (χ4v) is 1.93. The van der Waals surface area contributed by atoms with E-state index in [0.717, 1.165) is 11.6 Å². The summed E-state index contributed by atoms with van der Waals surface area (Å²) in [7, 11) is 0. The molecule has 3 nitrogen and oxygen atoms in total. The third kappa shape index (κ3) is 3.82. The average molecular weight is 278 g/mol. The molecular formula is C15H16F2N2O. The van der Waals surface area contributed by atoms with E-state index in [0.29, 0.717) is 5.56 Å². The quantitative estimate of drug-likeness (QED) is 0.884. The van der Waals surface area contributed by atoms with Crippen LogP contribution in [0.2, 0.25) is 0 Å². The van der Waals surface area contributed by atoms with Gasteiger partial charge in [0.2, 0.25) is 0 Å². The summed E-state index contributed by atoms with van der Waals surface area (Å²) in [6.45, 7) is 2.07. The highest BCUT2D eigenvalue weighted by Crippen LogP contribution is 2.17. The number of benzene rings is 1. The van der Waals surface area contributed by atoms with Crippen LogP contribution < -0.4 is 5.32 Å². The van der Waals surface area contributed by atoms with E-state index in [2.05, 4.69) is 10.3 Å². The molecule has 1 aromatic heterocycles. The molecule has 0 saturated heterocycles. The van der Waals surface area contributed by atoms with Crippen LogP contribution in [0.5, 0.6) is 0 Å². The van der Waals surface area contributed by atoms with Gasteiger partial charge >= 0.3 is 0 Å². The Morgan fingerprint density at radius 1 is 1.10 bits per heavy atom. The van der Waals surface area contributed by atoms with E-state index in [1.165, 1.54) is 12.1 Å². The monoisotopic (exact) mass is 278 g/mol. The lowest BCUT2D eigenvalue weighted by atomic mass is 10.1. The Balaban J connectivity index is 1.96. The smallest absolute Gasteiger partial charge is 0.126 e. The van der Waals surface area contributed by atoms with E-state index in [4.69, 9.17) is 0 Å². The van der Waals surface area contributed by atoms with Crippen molar-refractivity contribution in [3.05, 3.63) is 65.5 Å². The molecule has 106 valence electrons. The molecule has 0 fully saturated rings. The first kappa shape index (κ1) is 14.6. The van der Waals surface area contributed by atoms with Gasteiger partial charge in [0.15, 0.2) is 0 Å². The third-order valence-corrected chi connectivity index (χ3v) is 3.09. The zero-order valence-electron chi connectivity index (χ0n) is 11.1. The van der Waals surface area contributed by atoms with E-state index >= 15 is 0 Å². The van der Waals surface area contributed by atoms with E-state index in [1.807, 2.05) is 0 Å². The van der Waals surface area contributed by atoms with Crippen molar-refractivity contribution < 1.29 is 13.9 Å². The van der Waals surface area contributed by atoms with Gasteiger partial charge in [0.25, 0.3) is 0 Å². The number of aromatic nitrogens is 1. The Labute approximate surface area is 116 Å². The van der Waals surface area contributed by atoms with Crippen molar-refractivity contribution in [2.45, 2.75) is 19.1 Å². The summed E-state index contributed by atoms with van der Waals surface area (Å²) < 4.78 is 26.3. The number of halogens is 2. The van der Waals surface area contributed by atoms with Crippen LogP contribution in [-0.4, -0.2) is 16.6 Å². The molecule has 2 N–H and O–H groups in total. The van der Waals surface area contributed by atoms with Crippen molar-refractivity contribution in [3.8, 4) is 0 Å². The van der Waals surface area contributed by atoms with Crippen molar-refractivity contribution >= 4 is 0 Å². The molecule has 0 aliphatic heterocycles. The molecule has 0 bridgehead atoms. The molecule has 5 heteroatoms. The summed E-state index contributed by atoms with van der Waals surface area (Å²) in [6.07, 6.45) is 2.51. The molecule has 2 rings (SSSR count). The second-order valence-corrected chi connectivity index (χ2v) is 4.63. The Morgan fingerprint density at radius 2 is 1.70 bits per heavy atom. The van der Waals surface area contributed by atoms with Crippen molar-refractivity contribution in [1.82, 2.24) is 10.3 Å². The van der Waals surface area contributed by atoms with Crippen LogP contribution in [0, 0.1) is 11.6 Å². The summed E-state index contributed by atoms with van der Waals surface area (Å²) in [6, 6.07) is 6.57. The van der Waals surface area contributed by atoms with Crippen LogP contribution in [0.15, 0.2) is 42.7 Å². The van der Waals surface area contributed by atoms with Crippen molar-refractivity contribution in [2.24, 2.45) is 0 Å². The summed E-state index contributed by atoms with van der Waals surface area (Å²) in [5.74, 6) is -1.22. The van der Waals surface area contributed by atoms with Gasteiger partial charge in [0, 0.05) is 31.0 Å². The van der Waals surface area contributed by atoms with Gasteiger partial charge in [-0.15, -0.1) is 0 Å². The first-order valence-electron chi connectivity index (χ1n) is 6.33. The molecule has 0 amide bonds. The van der Waals surface area contributed by atoms with Crippen LogP contribution in [0.4, 0.5) is 8.78 Å². The number of nitrogens with zero attached hydrogens (tertiary/aromatic N) is 1. The van der Waals surface area contributed by atoms with Gasteiger partial charge in [-0.3, -0.25) is 4.98 Å². The van der Waals surface area contributed by atoms with E-state index in [-0.39, 0.29) is 12.6 Å². The van der Waals surface area contributed by atoms with Crippen LogP contribution in [0.25, 0.3) is 0 Å². The third-order valence-electron chi connectivity index (χ3n) is 3.09. The topological polar surface area (TPSA) is 45.1 Å². The maximum absolute atomic E-state index is 13.1. The molecule has 0 radical (unpaired) electrons.